The van der Waals surface area contributed by atoms with Crippen molar-refractivity contribution in [1.82, 2.24) is 15.5 Å². The molecular formula is C12H14ClN3S. The Labute approximate surface area is 110 Å². The van der Waals surface area contributed by atoms with Crippen LogP contribution in [0.4, 0.5) is 0 Å². The normalized spacial score (nSPS) is 10.8. The van der Waals surface area contributed by atoms with Crippen molar-refractivity contribution in [2.45, 2.75) is 13.3 Å². The third-order valence-electron chi connectivity index (χ3n) is 2.47. The van der Waals surface area contributed by atoms with Gasteiger partial charge in [-0.25, -0.2) is 0 Å². The van der Waals surface area contributed by atoms with Gasteiger partial charge in [-0.3, -0.25) is 0 Å². The lowest BCUT2D eigenvalue weighted by atomic mass is 10.2. The molecule has 3 nitrogen and oxygen atoms in total. The van der Waals surface area contributed by atoms with Gasteiger partial charge in [0.2, 0.25) is 0 Å². The summed E-state index contributed by atoms with van der Waals surface area (Å²) in [5.74, 6) is 0. The van der Waals surface area contributed by atoms with Crippen LogP contribution in [0.25, 0.3) is 10.6 Å². The van der Waals surface area contributed by atoms with Crippen LogP contribution in [0.2, 0.25) is 5.02 Å². The van der Waals surface area contributed by atoms with Crippen LogP contribution in [0.3, 0.4) is 0 Å². The summed E-state index contributed by atoms with van der Waals surface area (Å²) in [4.78, 5) is 0. The highest BCUT2D eigenvalue weighted by Gasteiger charge is 2.07. The van der Waals surface area contributed by atoms with Gasteiger partial charge >= 0.3 is 0 Å². The van der Waals surface area contributed by atoms with Gasteiger partial charge in [0.15, 0.2) is 0 Å². The van der Waals surface area contributed by atoms with E-state index in [0.717, 1.165) is 39.1 Å². The molecule has 1 aromatic heterocycles. The van der Waals surface area contributed by atoms with Gasteiger partial charge in [-0.1, -0.05) is 35.1 Å². The first-order valence-electron chi connectivity index (χ1n) is 5.44. The number of benzene rings is 1. The monoisotopic (exact) mass is 267 g/mol. The van der Waals surface area contributed by atoms with E-state index in [0.29, 0.717) is 0 Å². The van der Waals surface area contributed by atoms with Crippen molar-refractivity contribution in [2.75, 3.05) is 13.6 Å². The Morgan fingerprint density at radius 1 is 1.35 bits per heavy atom. The Hall–Kier alpha value is -0.970. The molecule has 0 spiro atoms. The number of hydrogen-bond acceptors (Lipinski definition) is 4. The largest absolute Gasteiger partial charge is 0.319 e. The molecule has 0 bridgehead atoms. The van der Waals surface area contributed by atoms with Gasteiger partial charge in [0.25, 0.3) is 0 Å². The zero-order valence-electron chi connectivity index (χ0n) is 9.83. The average Bonchev–Trinajstić information content (AvgIpc) is 2.79. The summed E-state index contributed by atoms with van der Waals surface area (Å²) in [5.41, 5.74) is 2.11. The predicted octanol–water partition coefficient (Wildman–Crippen LogP) is 2.93. The molecule has 0 amide bonds. The van der Waals surface area contributed by atoms with Crippen LogP contribution in [-0.4, -0.2) is 23.8 Å². The van der Waals surface area contributed by atoms with E-state index >= 15 is 0 Å². The highest BCUT2D eigenvalue weighted by molar-refractivity contribution is 7.14. The van der Waals surface area contributed by atoms with E-state index in [4.69, 9.17) is 11.6 Å². The van der Waals surface area contributed by atoms with Crippen LogP contribution < -0.4 is 5.32 Å². The Kier molecular flexibility index (Phi) is 4.10. The van der Waals surface area contributed by atoms with Crippen molar-refractivity contribution in [2.24, 2.45) is 0 Å². The topological polar surface area (TPSA) is 37.8 Å². The van der Waals surface area contributed by atoms with E-state index in [9.17, 15) is 0 Å². The van der Waals surface area contributed by atoms with Crippen molar-refractivity contribution >= 4 is 22.9 Å². The second-order valence-corrected chi connectivity index (χ2v) is 5.29. The molecule has 2 aromatic rings. The van der Waals surface area contributed by atoms with Crippen LogP contribution in [0.1, 0.15) is 10.6 Å². The van der Waals surface area contributed by atoms with E-state index in [1.807, 2.05) is 32.2 Å². The summed E-state index contributed by atoms with van der Waals surface area (Å²) in [6.45, 7) is 2.91. The number of likely N-dealkylation sites (N-methyl/N-ethyl adjacent to an activating group) is 1. The lowest BCUT2D eigenvalue weighted by Crippen LogP contribution is -2.09. The molecule has 0 unspecified atom stereocenters. The fraction of sp³-hybridized carbons (Fsp3) is 0.333. The Morgan fingerprint density at radius 3 is 2.88 bits per heavy atom. The molecule has 17 heavy (non-hydrogen) atoms. The van der Waals surface area contributed by atoms with E-state index in [-0.39, 0.29) is 0 Å². The van der Waals surface area contributed by atoms with Crippen molar-refractivity contribution < 1.29 is 0 Å². The summed E-state index contributed by atoms with van der Waals surface area (Å²) in [7, 11) is 1.93. The zero-order chi connectivity index (χ0) is 12.3. The number of aromatic nitrogens is 2. The molecule has 1 N–H and O–H groups in total. The molecule has 1 aromatic carbocycles. The van der Waals surface area contributed by atoms with E-state index in [1.54, 1.807) is 11.3 Å². The number of hydrogen-bond donors (Lipinski definition) is 1. The van der Waals surface area contributed by atoms with Crippen molar-refractivity contribution in [3.63, 3.8) is 0 Å². The minimum Gasteiger partial charge on any atom is -0.319 e. The number of nitrogens with zero attached hydrogens (tertiary/aromatic N) is 2. The lowest BCUT2D eigenvalue weighted by Gasteiger charge is -1.99. The highest BCUT2D eigenvalue weighted by atomic mass is 35.5. The minimum atomic E-state index is 0.773. The maximum Gasteiger partial charge on any atom is 0.147 e. The number of aryl methyl sites for hydroxylation is 1. The van der Waals surface area contributed by atoms with Crippen molar-refractivity contribution in [1.29, 1.82) is 0 Å². The van der Waals surface area contributed by atoms with Crippen LogP contribution >= 0.6 is 22.9 Å². The van der Waals surface area contributed by atoms with Gasteiger partial charge in [0.05, 0.1) is 0 Å². The molecule has 90 valence electrons. The summed E-state index contributed by atoms with van der Waals surface area (Å²) in [5, 5.41) is 14.2. The van der Waals surface area contributed by atoms with Gasteiger partial charge in [0.1, 0.15) is 10.0 Å². The van der Waals surface area contributed by atoms with E-state index < -0.39 is 0 Å². The van der Waals surface area contributed by atoms with Gasteiger partial charge in [-0.15, -0.1) is 10.2 Å². The molecule has 1 heterocycles. The van der Waals surface area contributed by atoms with Gasteiger partial charge in [-0.2, -0.15) is 0 Å². The Bertz CT molecular complexity index is 510. The van der Waals surface area contributed by atoms with E-state index in [2.05, 4.69) is 15.5 Å². The molecule has 0 aliphatic carbocycles. The maximum absolute atomic E-state index is 6.10. The van der Waals surface area contributed by atoms with Gasteiger partial charge in [0, 0.05) is 23.6 Å². The second-order valence-electron chi connectivity index (χ2n) is 3.82. The van der Waals surface area contributed by atoms with E-state index in [1.165, 1.54) is 0 Å². The molecule has 0 saturated heterocycles. The molecule has 0 saturated carbocycles. The zero-order valence-corrected chi connectivity index (χ0v) is 11.4. The molecule has 0 aliphatic rings. The predicted molar refractivity (Wildman–Crippen MR) is 72.7 cm³/mol. The molecule has 2 rings (SSSR count). The van der Waals surface area contributed by atoms with Crippen LogP contribution in [0.15, 0.2) is 18.2 Å². The molecule has 5 heteroatoms. The summed E-state index contributed by atoms with van der Waals surface area (Å²) in [6, 6.07) is 5.98. The number of rotatable bonds is 4. The van der Waals surface area contributed by atoms with Crippen LogP contribution in [-0.2, 0) is 6.42 Å². The molecule has 0 radical (unpaired) electrons. The van der Waals surface area contributed by atoms with Crippen LogP contribution in [0, 0.1) is 6.92 Å². The Balaban J connectivity index is 2.21. The smallest absolute Gasteiger partial charge is 0.147 e. The fourth-order valence-corrected chi connectivity index (χ4v) is 2.45. The van der Waals surface area contributed by atoms with Crippen molar-refractivity contribution in [3.05, 3.63) is 33.8 Å². The standard InChI is InChI=1S/C12H14ClN3S/c1-8-3-4-9(7-10(8)13)12-16-15-11(17-12)5-6-14-2/h3-4,7,14H,5-6H2,1-2H3. The van der Waals surface area contributed by atoms with Crippen LogP contribution in [0.5, 0.6) is 0 Å². The summed E-state index contributed by atoms with van der Waals surface area (Å²) in [6.07, 6.45) is 0.910. The summed E-state index contributed by atoms with van der Waals surface area (Å²) >= 11 is 7.72. The molecule has 0 atom stereocenters. The third-order valence-corrected chi connectivity index (χ3v) is 3.91. The molecular weight excluding hydrogens is 254 g/mol. The maximum atomic E-state index is 6.10. The number of nitrogens with one attached hydrogen (secondary N) is 1. The highest BCUT2D eigenvalue weighted by Crippen LogP contribution is 2.27. The van der Waals surface area contributed by atoms with Gasteiger partial charge in [-0.05, 0) is 25.6 Å². The SMILES string of the molecule is CNCCc1nnc(-c2ccc(C)c(Cl)c2)s1. The Morgan fingerprint density at radius 2 is 2.18 bits per heavy atom. The first kappa shape index (κ1) is 12.5. The second kappa shape index (κ2) is 5.58. The quantitative estimate of drug-likeness (QED) is 0.926. The van der Waals surface area contributed by atoms with Crippen molar-refractivity contribution in [3.8, 4) is 10.6 Å². The average molecular weight is 268 g/mol. The third kappa shape index (κ3) is 3.03. The molecule has 0 fully saturated rings. The lowest BCUT2D eigenvalue weighted by molar-refractivity contribution is 0.779. The molecule has 0 aliphatic heterocycles. The first-order chi connectivity index (χ1) is 8.20. The first-order valence-corrected chi connectivity index (χ1v) is 6.63. The fourth-order valence-electron chi connectivity index (χ4n) is 1.43. The van der Waals surface area contributed by atoms with Gasteiger partial charge < -0.3 is 5.32 Å². The minimum absolute atomic E-state index is 0.773. The number of halogens is 1. The summed E-state index contributed by atoms with van der Waals surface area (Å²) < 4.78 is 0.